The number of fused-ring (bicyclic) bond motifs is 1. The molecular formula is C24H24N4OS. The monoisotopic (exact) mass is 416 g/mol. The maximum atomic E-state index is 12.9. The average molecular weight is 417 g/mol. The van der Waals surface area contributed by atoms with E-state index in [0.29, 0.717) is 6.42 Å². The molecule has 5 rings (SSSR count). The van der Waals surface area contributed by atoms with Crippen LogP contribution < -0.4 is 5.32 Å². The van der Waals surface area contributed by atoms with Crippen LogP contribution in [0.5, 0.6) is 0 Å². The molecule has 0 fully saturated rings. The summed E-state index contributed by atoms with van der Waals surface area (Å²) in [6, 6.07) is 16.4. The number of carbonyl (C=O) groups is 1. The van der Waals surface area contributed by atoms with Crippen LogP contribution in [0.1, 0.15) is 47.6 Å². The van der Waals surface area contributed by atoms with Gasteiger partial charge in [0, 0.05) is 23.4 Å². The van der Waals surface area contributed by atoms with Gasteiger partial charge in [0.25, 0.3) is 0 Å². The third kappa shape index (κ3) is 3.35. The molecule has 152 valence electrons. The molecule has 1 atom stereocenters. The molecule has 1 aromatic heterocycles. The van der Waals surface area contributed by atoms with Gasteiger partial charge < -0.3 is 5.32 Å². The van der Waals surface area contributed by atoms with Crippen molar-refractivity contribution in [2.24, 2.45) is 0 Å². The summed E-state index contributed by atoms with van der Waals surface area (Å²) in [7, 11) is 0. The summed E-state index contributed by atoms with van der Waals surface area (Å²) in [6.45, 7) is 4.22. The number of anilines is 1. The van der Waals surface area contributed by atoms with Crippen LogP contribution in [0.3, 0.4) is 0 Å². The molecule has 0 unspecified atom stereocenters. The van der Waals surface area contributed by atoms with Gasteiger partial charge in [0.05, 0.1) is 0 Å². The van der Waals surface area contributed by atoms with Crippen molar-refractivity contribution in [2.45, 2.75) is 50.1 Å². The SMILES string of the molecule is Cc1ccccc1CSc1nc2n(n1)[C@@H](c1ccccc1C)C1=C(CCCC1=O)N2. The van der Waals surface area contributed by atoms with E-state index in [1.807, 2.05) is 16.8 Å². The van der Waals surface area contributed by atoms with Crippen LogP contribution in [0.15, 0.2) is 65.0 Å². The molecule has 0 amide bonds. The summed E-state index contributed by atoms with van der Waals surface area (Å²) < 4.78 is 1.91. The predicted molar refractivity (Wildman–Crippen MR) is 120 cm³/mol. The van der Waals surface area contributed by atoms with Gasteiger partial charge in [-0.05, 0) is 48.9 Å². The van der Waals surface area contributed by atoms with Crippen molar-refractivity contribution in [1.82, 2.24) is 14.8 Å². The Morgan fingerprint density at radius 3 is 2.63 bits per heavy atom. The lowest BCUT2D eigenvalue weighted by molar-refractivity contribution is -0.116. The molecule has 1 aliphatic carbocycles. The van der Waals surface area contributed by atoms with Gasteiger partial charge in [0.1, 0.15) is 6.04 Å². The highest BCUT2D eigenvalue weighted by atomic mass is 32.2. The van der Waals surface area contributed by atoms with Crippen molar-refractivity contribution in [1.29, 1.82) is 0 Å². The van der Waals surface area contributed by atoms with Crippen molar-refractivity contribution in [3.63, 3.8) is 0 Å². The molecule has 0 bridgehead atoms. The number of Topliss-reactive ketones (excluding diaryl/α,β-unsaturated/α-hetero) is 1. The van der Waals surface area contributed by atoms with E-state index in [9.17, 15) is 4.79 Å². The number of nitrogens with zero attached hydrogens (tertiary/aromatic N) is 3. The van der Waals surface area contributed by atoms with Crippen molar-refractivity contribution < 1.29 is 4.79 Å². The van der Waals surface area contributed by atoms with Crippen LogP contribution in [-0.2, 0) is 10.5 Å². The second kappa shape index (κ2) is 7.76. The maximum absolute atomic E-state index is 12.9. The zero-order chi connectivity index (χ0) is 20.7. The summed E-state index contributed by atoms with van der Waals surface area (Å²) in [4.78, 5) is 17.7. The van der Waals surface area contributed by atoms with E-state index in [1.54, 1.807) is 11.8 Å². The molecule has 0 saturated carbocycles. The first-order valence-corrected chi connectivity index (χ1v) is 11.3. The number of carbonyl (C=O) groups excluding carboxylic acids is 1. The molecular weight excluding hydrogens is 392 g/mol. The number of nitrogens with one attached hydrogen (secondary N) is 1. The highest BCUT2D eigenvalue weighted by molar-refractivity contribution is 7.98. The Balaban J connectivity index is 1.53. The predicted octanol–water partition coefficient (Wildman–Crippen LogP) is 5.21. The molecule has 1 aliphatic heterocycles. The topological polar surface area (TPSA) is 59.8 Å². The van der Waals surface area contributed by atoms with E-state index in [4.69, 9.17) is 10.1 Å². The van der Waals surface area contributed by atoms with Crippen molar-refractivity contribution in [3.8, 4) is 0 Å². The summed E-state index contributed by atoms with van der Waals surface area (Å²) in [5, 5.41) is 8.98. The van der Waals surface area contributed by atoms with Crippen LogP contribution in [0, 0.1) is 13.8 Å². The lowest BCUT2D eigenvalue weighted by Crippen LogP contribution is -2.31. The summed E-state index contributed by atoms with van der Waals surface area (Å²) >= 11 is 1.63. The average Bonchev–Trinajstić information content (AvgIpc) is 3.15. The number of allylic oxidation sites excluding steroid dienone is 2. The van der Waals surface area contributed by atoms with Crippen molar-refractivity contribution in [2.75, 3.05) is 5.32 Å². The van der Waals surface area contributed by atoms with Gasteiger partial charge in [-0.15, -0.1) is 5.10 Å². The first kappa shape index (κ1) is 19.1. The number of benzene rings is 2. The van der Waals surface area contributed by atoms with E-state index in [0.717, 1.165) is 52.1 Å². The Hall–Kier alpha value is -2.86. The van der Waals surface area contributed by atoms with Gasteiger partial charge in [-0.3, -0.25) is 4.79 Å². The third-order valence-corrected chi connectivity index (χ3v) is 6.84. The Kier molecular flexibility index (Phi) is 4.95. The van der Waals surface area contributed by atoms with E-state index in [2.05, 4.69) is 55.6 Å². The van der Waals surface area contributed by atoms with E-state index < -0.39 is 0 Å². The Bertz CT molecular complexity index is 1160. The third-order valence-electron chi connectivity index (χ3n) is 5.95. The normalized spacial score (nSPS) is 18.1. The zero-order valence-corrected chi connectivity index (χ0v) is 18.0. The molecule has 2 aliphatic rings. The summed E-state index contributed by atoms with van der Waals surface area (Å²) in [5.74, 6) is 1.76. The molecule has 2 aromatic carbocycles. The van der Waals surface area contributed by atoms with Gasteiger partial charge in [-0.2, -0.15) is 4.98 Å². The number of aryl methyl sites for hydroxylation is 2. The minimum atomic E-state index is -0.217. The highest BCUT2D eigenvalue weighted by Crippen LogP contribution is 2.41. The molecule has 2 heterocycles. The van der Waals surface area contributed by atoms with Crippen molar-refractivity contribution >= 4 is 23.5 Å². The largest absolute Gasteiger partial charge is 0.328 e. The van der Waals surface area contributed by atoms with Gasteiger partial charge in [0.2, 0.25) is 11.1 Å². The zero-order valence-electron chi connectivity index (χ0n) is 17.2. The number of aromatic nitrogens is 3. The summed E-state index contributed by atoms with van der Waals surface area (Å²) in [6.07, 6.45) is 2.36. The Morgan fingerprint density at radius 2 is 1.83 bits per heavy atom. The van der Waals surface area contributed by atoms with Crippen LogP contribution in [0.25, 0.3) is 0 Å². The van der Waals surface area contributed by atoms with E-state index in [1.165, 1.54) is 11.1 Å². The Morgan fingerprint density at radius 1 is 1.07 bits per heavy atom. The van der Waals surface area contributed by atoms with Crippen LogP contribution in [-0.4, -0.2) is 20.5 Å². The minimum absolute atomic E-state index is 0.215. The molecule has 0 radical (unpaired) electrons. The number of hydrogen-bond acceptors (Lipinski definition) is 5. The molecule has 3 aromatic rings. The lowest BCUT2D eigenvalue weighted by atomic mass is 9.84. The lowest BCUT2D eigenvalue weighted by Gasteiger charge is -2.32. The second-order valence-corrected chi connectivity index (χ2v) is 8.87. The van der Waals surface area contributed by atoms with Crippen LogP contribution >= 0.6 is 11.8 Å². The molecule has 1 N–H and O–H groups in total. The number of hydrogen-bond donors (Lipinski definition) is 1. The quantitative estimate of drug-likeness (QED) is 0.592. The summed E-state index contributed by atoms with van der Waals surface area (Å²) in [5.41, 5.74) is 6.69. The van der Waals surface area contributed by atoms with Crippen molar-refractivity contribution in [3.05, 3.63) is 82.1 Å². The minimum Gasteiger partial charge on any atom is -0.328 e. The van der Waals surface area contributed by atoms with Gasteiger partial charge in [-0.25, -0.2) is 4.68 Å². The fourth-order valence-corrected chi connectivity index (χ4v) is 5.20. The number of ketones is 1. The standard InChI is InChI=1S/C24H24N4OS/c1-15-8-3-5-10-17(15)14-30-24-26-23-25-19-12-7-13-20(29)21(19)22(28(23)27-24)18-11-6-4-9-16(18)2/h3-6,8-11,22H,7,12-14H2,1-2H3,(H,25,26,27)/t22-/m0/s1. The highest BCUT2D eigenvalue weighted by Gasteiger charge is 2.37. The molecule has 0 spiro atoms. The van der Waals surface area contributed by atoms with Crippen LogP contribution in [0.2, 0.25) is 0 Å². The molecule has 0 saturated heterocycles. The number of thioether (sulfide) groups is 1. The van der Waals surface area contributed by atoms with Crippen LogP contribution in [0.4, 0.5) is 5.95 Å². The molecule has 5 nitrogen and oxygen atoms in total. The fraction of sp³-hybridized carbons (Fsp3) is 0.292. The van der Waals surface area contributed by atoms with E-state index in [-0.39, 0.29) is 11.8 Å². The second-order valence-electron chi connectivity index (χ2n) is 7.93. The first-order chi connectivity index (χ1) is 14.6. The smallest absolute Gasteiger partial charge is 0.227 e. The Labute approximate surface area is 180 Å². The van der Waals surface area contributed by atoms with Gasteiger partial charge in [-0.1, -0.05) is 60.3 Å². The first-order valence-electron chi connectivity index (χ1n) is 10.3. The number of rotatable bonds is 4. The molecule has 30 heavy (non-hydrogen) atoms. The fourth-order valence-electron chi connectivity index (χ4n) is 4.29. The molecule has 6 heteroatoms. The van der Waals surface area contributed by atoms with Gasteiger partial charge >= 0.3 is 0 Å². The maximum Gasteiger partial charge on any atom is 0.227 e. The van der Waals surface area contributed by atoms with E-state index >= 15 is 0 Å². The van der Waals surface area contributed by atoms with Gasteiger partial charge in [0.15, 0.2) is 5.78 Å².